The summed E-state index contributed by atoms with van der Waals surface area (Å²) in [5, 5.41) is 3.25. The van der Waals surface area contributed by atoms with E-state index in [-0.39, 0.29) is 12.7 Å². The molecule has 0 bridgehead atoms. The number of anilines is 1. The van der Waals surface area contributed by atoms with E-state index in [0.29, 0.717) is 28.0 Å². The molecule has 5 nitrogen and oxygen atoms in total. The Balaban J connectivity index is 1.75. The number of aryl methyl sites for hydroxylation is 1. The van der Waals surface area contributed by atoms with Gasteiger partial charge in [-0.25, -0.2) is 0 Å². The average Bonchev–Trinajstić information content (AvgIpc) is 3.02. The number of hydrogen-bond donors (Lipinski definition) is 1. The van der Waals surface area contributed by atoms with Gasteiger partial charge < -0.3 is 19.5 Å². The highest BCUT2D eigenvalue weighted by Crippen LogP contribution is 2.40. The van der Waals surface area contributed by atoms with Crippen LogP contribution < -0.4 is 19.5 Å². The lowest BCUT2D eigenvalue weighted by atomic mass is 10.2. The van der Waals surface area contributed by atoms with Crippen LogP contribution in [0.5, 0.6) is 17.2 Å². The fraction of sp³-hybridized carbons (Fsp3) is 0.167. The van der Waals surface area contributed by atoms with Crippen molar-refractivity contribution in [2.75, 3.05) is 19.2 Å². The zero-order valence-electron chi connectivity index (χ0n) is 13.3. The molecule has 0 aliphatic carbocycles. The van der Waals surface area contributed by atoms with E-state index in [4.69, 9.17) is 25.8 Å². The smallest absolute Gasteiger partial charge is 0.248 e. The van der Waals surface area contributed by atoms with Gasteiger partial charge in [0, 0.05) is 6.08 Å². The van der Waals surface area contributed by atoms with Crippen LogP contribution in [0.1, 0.15) is 11.1 Å². The molecule has 24 heavy (non-hydrogen) atoms. The molecule has 0 unspecified atom stereocenters. The van der Waals surface area contributed by atoms with Crippen molar-refractivity contribution in [1.82, 2.24) is 0 Å². The normalized spacial score (nSPS) is 12.5. The lowest BCUT2D eigenvalue weighted by molar-refractivity contribution is -0.111. The Kier molecular flexibility index (Phi) is 4.62. The third kappa shape index (κ3) is 3.46. The Bertz CT molecular complexity index is 817. The highest BCUT2D eigenvalue weighted by molar-refractivity contribution is 6.32. The van der Waals surface area contributed by atoms with Crippen molar-refractivity contribution in [3.8, 4) is 17.2 Å². The summed E-state index contributed by atoms with van der Waals surface area (Å²) in [4.78, 5) is 12.1. The van der Waals surface area contributed by atoms with Gasteiger partial charge in [0.15, 0.2) is 11.5 Å². The summed E-state index contributed by atoms with van der Waals surface area (Å²) in [5.74, 6) is 1.44. The number of rotatable bonds is 4. The topological polar surface area (TPSA) is 56.8 Å². The van der Waals surface area contributed by atoms with Crippen LogP contribution in [0.4, 0.5) is 5.69 Å². The molecule has 3 rings (SSSR count). The first-order chi connectivity index (χ1) is 11.6. The predicted octanol–water partition coefficient (Wildman–Crippen LogP) is 4.04. The second kappa shape index (κ2) is 6.84. The number of ether oxygens (including phenoxy) is 3. The van der Waals surface area contributed by atoms with Crippen LogP contribution >= 0.6 is 11.6 Å². The fourth-order valence-corrected chi connectivity index (χ4v) is 2.62. The van der Waals surface area contributed by atoms with Gasteiger partial charge in [0.1, 0.15) is 5.75 Å². The van der Waals surface area contributed by atoms with Gasteiger partial charge in [-0.3, -0.25) is 4.79 Å². The summed E-state index contributed by atoms with van der Waals surface area (Å²) < 4.78 is 15.8. The maximum absolute atomic E-state index is 12.1. The van der Waals surface area contributed by atoms with E-state index in [0.717, 1.165) is 11.1 Å². The molecule has 0 atom stereocenters. The summed E-state index contributed by atoms with van der Waals surface area (Å²) in [6, 6.07) is 9.06. The molecule has 0 radical (unpaired) electrons. The third-order valence-electron chi connectivity index (χ3n) is 3.49. The van der Waals surface area contributed by atoms with Gasteiger partial charge in [0.2, 0.25) is 12.7 Å². The number of carbonyl (C=O) groups is 1. The Morgan fingerprint density at radius 3 is 2.92 bits per heavy atom. The summed E-state index contributed by atoms with van der Waals surface area (Å²) in [6.45, 7) is 2.09. The molecule has 1 aliphatic rings. The second-order valence-corrected chi connectivity index (χ2v) is 5.67. The molecule has 0 saturated carbocycles. The average molecular weight is 346 g/mol. The minimum Gasteiger partial charge on any atom is -0.495 e. The van der Waals surface area contributed by atoms with Crippen molar-refractivity contribution in [2.24, 2.45) is 0 Å². The van der Waals surface area contributed by atoms with Crippen LogP contribution in [0, 0.1) is 6.92 Å². The Labute approximate surface area is 144 Å². The van der Waals surface area contributed by atoms with E-state index in [1.54, 1.807) is 25.3 Å². The molecular weight excluding hydrogens is 330 g/mol. The first-order valence-electron chi connectivity index (χ1n) is 7.29. The summed E-state index contributed by atoms with van der Waals surface area (Å²) in [7, 11) is 1.56. The predicted molar refractivity (Wildman–Crippen MR) is 93.0 cm³/mol. The first-order valence-corrected chi connectivity index (χ1v) is 7.67. The molecule has 1 aliphatic heterocycles. The largest absolute Gasteiger partial charge is 0.495 e. The van der Waals surface area contributed by atoms with Crippen LogP contribution in [0.3, 0.4) is 0 Å². The molecule has 0 spiro atoms. The van der Waals surface area contributed by atoms with Crippen LogP contribution in [0.15, 0.2) is 36.4 Å². The summed E-state index contributed by atoms with van der Waals surface area (Å²) in [6.07, 6.45) is 3.08. The van der Waals surface area contributed by atoms with E-state index in [2.05, 4.69) is 5.32 Å². The fourth-order valence-electron chi connectivity index (χ4n) is 2.35. The van der Waals surface area contributed by atoms with Crippen LogP contribution in [-0.2, 0) is 4.79 Å². The van der Waals surface area contributed by atoms with Gasteiger partial charge in [0.25, 0.3) is 0 Å². The lowest BCUT2D eigenvalue weighted by Crippen LogP contribution is -2.09. The highest BCUT2D eigenvalue weighted by Gasteiger charge is 2.17. The van der Waals surface area contributed by atoms with Crippen molar-refractivity contribution in [1.29, 1.82) is 0 Å². The highest BCUT2D eigenvalue weighted by atomic mass is 35.5. The van der Waals surface area contributed by atoms with Gasteiger partial charge in [-0.05, 0) is 48.4 Å². The van der Waals surface area contributed by atoms with Crippen molar-refractivity contribution in [2.45, 2.75) is 6.92 Å². The van der Waals surface area contributed by atoms with Crippen molar-refractivity contribution in [3.05, 3.63) is 52.6 Å². The van der Waals surface area contributed by atoms with Gasteiger partial charge in [-0.2, -0.15) is 0 Å². The zero-order chi connectivity index (χ0) is 17.1. The molecule has 1 amide bonds. The molecule has 2 aromatic rings. The van der Waals surface area contributed by atoms with Gasteiger partial charge in [0.05, 0.1) is 17.8 Å². The maximum atomic E-state index is 12.1. The van der Waals surface area contributed by atoms with Crippen molar-refractivity contribution >= 4 is 29.3 Å². The molecule has 1 N–H and O–H groups in total. The second-order valence-electron chi connectivity index (χ2n) is 5.26. The van der Waals surface area contributed by atoms with E-state index in [9.17, 15) is 4.79 Å². The summed E-state index contributed by atoms with van der Waals surface area (Å²) >= 11 is 6.12. The number of carbonyl (C=O) groups excluding carboxylic acids is 1. The molecule has 124 valence electrons. The number of nitrogens with one attached hydrogen (secondary N) is 1. The van der Waals surface area contributed by atoms with Gasteiger partial charge in [-0.1, -0.05) is 17.7 Å². The lowest BCUT2D eigenvalue weighted by Gasteiger charge is -2.09. The standard InChI is InChI=1S/C18H16ClNO4/c1-11-3-5-15(22-2)14(7-11)20-17(21)6-4-12-8-13(19)18-16(9-12)23-10-24-18/h3-9H,10H2,1-2H3,(H,20,21)/b6-4+. The minimum absolute atomic E-state index is 0.149. The van der Waals surface area contributed by atoms with E-state index in [1.165, 1.54) is 6.08 Å². The first kappa shape index (κ1) is 16.2. The Hall–Kier alpha value is -2.66. The number of fused-ring (bicyclic) bond motifs is 1. The van der Waals surface area contributed by atoms with Crippen LogP contribution in [0.2, 0.25) is 5.02 Å². The van der Waals surface area contributed by atoms with E-state index >= 15 is 0 Å². The molecule has 2 aromatic carbocycles. The van der Waals surface area contributed by atoms with Crippen LogP contribution in [-0.4, -0.2) is 19.8 Å². The number of amides is 1. The van der Waals surface area contributed by atoms with E-state index < -0.39 is 0 Å². The minimum atomic E-state index is -0.271. The molecule has 0 saturated heterocycles. The maximum Gasteiger partial charge on any atom is 0.248 e. The van der Waals surface area contributed by atoms with Gasteiger partial charge >= 0.3 is 0 Å². The zero-order valence-corrected chi connectivity index (χ0v) is 14.0. The SMILES string of the molecule is COc1ccc(C)cc1NC(=O)/C=C/c1cc(Cl)c2c(c1)OCO2. The number of methoxy groups -OCH3 is 1. The van der Waals surface area contributed by atoms with E-state index in [1.807, 2.05) is 25.1 Å². The summed E-state index contributed by atoms with van der Waals surface area (Å²) in [5.41, 5.74) is 2.39. The molecule has 0 aromatic heterocycles. The van der Waals surface area contributed by atoms with Crippen molar-refractivity contribution < 1.29 is 19.0 Å². The quantitative estimate of drug-likeness (QED) is 0.850. The van der Waals surface area contributed by atoms with Gasteiger partial charge in [-0.15, -0.1) is 0 Å². The Morgan fingerprint density at radius 2 is 2.12 bits per heavy atom. The molecular formula is C18H16ClNO4. The number of benzene rings is 2. The number of hydrogen-bond acceptors (Lipinski definition) is 4. The number of halogens is 1. The molecule has 6 heteroatoms. The Morgan fingerprint density at radius 1 is 1.29 bits per heavy atom. The van der Waals surface area contributed by atoms with Crippen LogP contribution in [0.25, 0.3) is 6.08 Å². The monoisotopic (exact) mass is 345 g/mol. The molecule has 1 heterocycles. The van der Waals surface area contributed by atoms with Crippen molar-refractivity contribution in [3.63, 3.8) is 0 Å². The molecule has 0 fully saturated rings. The third-order valence-corrected chi connectivity index (χ3v) is 3.77.